The van der Waals surface area contributed by atoms with E-state index < -0.39 is 0 Å². The fraction of sp³-hybridized carbons (Fsp3) is 0. The van der Waals surface area contributed by atoms with Gasteiger partial charge in [-0.05, 0) is 50.1 Å². The largest absolute Gasteiger partial charge is 0.437 e. The Morgan fingerprint density at radius 1 is 1.00 bits per heavy atom. The third-order valence-electron chi connectivity index (χ3n) is 2.81. The molecule has 0 spiro atoms. The fourth-order valence-electron chi connectivity index (χ4n) is 1.90. The van der Waals surface area contributed by atoms with E-state index in [0.717, 1.165) is 25.5 Å². The lowest BCUT2D eigenvalue weighted by molar-refractivity contribution is 0.464. The molecule has 0 bridgehead atoms. The molecule has 2 aromatic carbocycles. The quantitative estimate of drug-likeness (QED) is 0.499. The van der Waals surface area contributed by atoms with Crippen LogP contribution in [0.1, 0.15) is 0 Å². The van der Waals surface area contributed by atoms with Crippen LogP contribution in [0.5, 0.6) is 11.6 Å². The molecule has 2 nitrogen and oxygen atoms in total. The van der Waals surface area contributed by atoms with Crippen molar-refractivity contribution in [1.82, 2.24) is 4.98 Å². The molecule has 1 heterocycles. The molecule has 100 valence electrons. The van der Waals surface area contributed by atoms with Crippen LogP contribution < -0.4 is 4.74 Å². The predicted octanol–water partition coefficient (Wildman–Crippen LogP) is 6.21. The highest BCUT2D eigenvalue weighted by Gasteiger charge is 2.09. The van der Waals surface area contributed by atoms with Crippen LogP contribution in [0.4, 0.5) is 0 Å². The van der Waals surface area contributed by atoms with E-state index in [-0.39, 0.29) is 0 Å². The molecule has 0 fully saturated rings. The van der Waals surface area contributed by atoms with E-state index in [0.29, 0.717) is 10.9 Å². The lowest BCUT2D eigenvalue weighted by Gasteiger charge is -2.10. The number of halogens is 3. The first kappa shape index (κ1) is 13.9. The average molecular weight is 413 g/mol. The number of rotatable bonds is 2. The van der Waals surface area contributed by atoms with Crippen molar-refractivity contribution < 1.29 is 4.74 Å². The second-order valence-corrected chi connectivity index (χ2v) is 6.31. The zero-order valence-corrected chi connectivity index (χ0v) is 14.0. The minimum atomic E-state index is 0.515. The number of hydrogen-bond donors (Lipinski definition) is 0. The number of fused-ring (bicyclic) bond motifs is 1. The molecule has 20 heavy (non-hydrogen) atoms. The van der Waals surface area contributed by atoms with Gasteiger partial charge in [0.2, 0.25) is 5.88 Å². The Kier molecular flexibility index (Phi) is 3.96. The van der Waals surface area contributed by atoms with E-state index in [1.165, 1.54) is 0 Å². The summed E-state index contributed by atoms with van der Waals surface area (Å²) in [6.07, 6.45) is 1.69. The molecule has 3 rings (SSSR count). The van der Waals surface area contributed by atoms with Crippen LogP contribution in [-0.4, -0.2) is 4.98 Å². The molecule has 0 atom stereocenters. The number of aromatic nitrogens is 1. The maximum absolute atomic E-state index is 6.20. The number of pyridine rings is 1. The van der Waals surface area contributed by atoms with Gasteiger partial charge in [0.05, 0.1) is 4.47 Å². The van der Waals surface area contributed by atoms with Gasteiger partial charge in [0.1, 0.15) is 5.75 Å². The topological polar surface area (TPSA) is 22.1 Å². The molecule has 0 N–H and O–H groups in total. The highest BCUT2D eigenvalue weighted by Crippen LogP contribution is 2.36. The molecule has 0 saturated heterocycles. The van der Waals surface area contributed by atoms with Crippen LogP contribution in [0, 0.1) is 0 Å². The van der Waals surface area contributed by atoms with E-state index in [2.05, 4.69) is 36.8 Å². The summed E-state index contributed by atoms with van der Waals surface area (Å²) in [7, 11) is 0. The second kappa shape index (κ2) is 5.72. The molecular weight excluding hydrogens is 405 g/mol. The summed E-state index contributed by atoms with van der Waals surface area (Å²) in [4.78, 5) is 4.25. The predicted molar refractivity (Wildman–Crippen MR) is 88.7 cm³/mol. The van der Waals surface area contributed by atoms with Crippen LogP contribution in [0.15, 0.2) is 57.6 Å². The zero-order chi connectivity index (χ0) is 14.1. The van der Waals surface area contributed by atoms with Gasteiger partial charge < -0.3 is 4.74 Å². The van der Waals surface area contributed by atoms with Gasteiger partial charge in [-0.25, -0.2) is 4.98 Å². The van der Waals surface area contributed by atoms with Crippen molar-refractivity contribution in [3.8, 4) is 11.6 Å². The molecule has 0 radical (unpaired) electrons. The van der Waals surface area contributed by atoms with E-state index in [9.17, 15) is 0 Å². The first-order valence-electron chi connectivity index (χ1n) is 5.81. The Morgan fingerprint density at radius 3 is 2.50 bits per heavy atom. The van der Waals surface area contributed by atoms with Gasteiger partial charge in [-0.2, -0.15) is 0 Å². The van der Waals surface area contributed by atoms with Crippen molar-refractivity contribution >= 4 is 54.2 Å². The van der Waals surface area contributed by atoms with Gasteiger partial charge >= 0.3 is 0 Å². The molecule has 0 unspecified atom stereocenters. The smallest absolute Gasteiger partial charge is 0.233 e. The summed E-state index contributed by atoms with van der Waals surface area (Å²) in [6.45, 7) is 0. The zero-order valence-electron chi connectivity index (χ0n) is 10.1. The average Bonchev–Trinajstić information content (AvgIpc) is 2.45. The third-order valence-corrected chi connectivity index (χ3v) is 4.14. The molecular formula is C15H8Br2ClNO. The van der Waals surface area contributed by atoms with Crippen molar-refractivity contribution in [3.63, 3.8) is 0 Å². The molecule has 0 aliphatic heterocycles. The summed E-state index contributed by atoms with van der Waals surface area (Å²) in [5.74, 6) is 1.24. The van der Waals surface area contributed by atoms with Crippen LogP contribution in [-0.2, 0) is 0 Å². The van der Waals surface area contributed by atoms with Crippen molar-refractivity contribution in [2.45, 2.75) is 0 Å². The number of nitrogens with zero attached hydrogens (tertiary/aromatic N) is 1. The van der Waals surface area contributed by atoms with Gasteiger partial charge in [-0.15, -0.1) is 0 Å². The fourth-order valence-corrected chi connectivity index (χ4v) is 3.20. The number of ether oxygens (including phenoxy) is 1. The van der Waals surface area contributed by atoms with E-state index in [1.807, 2.05) is 42.5 Å². The molecule has 5 heteroatoms. The van der Waals surface area contributed by atoms with Crippen LogP contribution in [0.25, 0.3) is 10.8 Å². The summed E-state index contributed by atoms with van der Waals surface area (Å²) in [5, 5.41) is 2.62. The maximum atomic E-state index is 6.20. The number of hydrogen-bond acceptors (Lipinski definition) is 2. The Labute approximate surface area is 138 Å². The maximum Gasteiger partial charge on any atom is 0.233 e. The lowest BCUT2D eigenvalue weighted by Crippen LogP contribution is -1.90. The SMILES string of the molecule is Clc1ccc(Oc2ncc(Br)cc2Br)c2ccccc12. The van der Waals surface area contributed by atoms with Gasteiger partial charge in [-0.3, -0.25) is 0 Å². The summed E-state index contributed by atoms with van der Waals surface area (Å²) < 4.78 is 7.56. The van der Waals surface area contributed by atoms with Gasteiger partial charge in [0.15, 0.2) is 0 Å². The van der Waals surface area contributed by atoms with E-state index in [1.54, 1.807) is 6.20 Å². The van der Waals surface area contributed by atoms with Crippen molar-refractivity contribution in [1.29, 1.82) is 0 Å². The van der Waals surface area contributed by atoms with Gasteiger partial charge in [-0.1, -0.05) is 35.9 Å². The first-order valence-corrected chi connectivity index (χ1v) is 7.78. The summed E-state index contributed by atoms with van der Waals surface area (Å²) >= 11 is 13.0. The monoisotopic (exact) mass is 411 g/mol. The second-order valence-electron chi connectivity index (χ2n) is 4.13. The van der Waals surface area contributed by atoms with Crippen LogP contribution in [0.2, 0.25) is 5.02 Å². The van der Waals surface area contributed by atoms with E-state index in [4.69, 9.17) is 16.3 Å². The normalized spacial score (nSPS) is 10.8. The van der Waals surface area contributed by atoms with Crippen molar-refractivity contribution in [2.24, 2.45) is 0 Å². The summed E-state index contributed by atoms with van der Waals surface area (Å²) in [5.41, 5.74) is 0. The Morgan fingerprint density at radius 2 is 1.75 bits per heavy atom. The highest BCUT2D eigenvalue weighted by molar-refractivity contribution is 9.11. The lowest BCUT2D eigenvalue weighted by atomic mass is 10.1. The molecule has 1 aromatic heterocycles. The molecule has 0 amide bonds. The standard InChI is InChI=1S/C15H8Br2ClNO/c16-9-7-12(17)15(19-8-9)20-14-6-5-13(18)10-3-1-2-4-11(10)14/h1-8H. The van der Waals surface area contributed by atoms with E-state index >= 15 is 0 Å². The first-order chi connectivity index (χ1) is 9.65. The van der Waals surface area contributed by atoms with Crippen molar-refractivity contribution in [2.75, 3.05) is 0 Å². The Bertz CT molecular complexity index is 792. The molecule has 0 saturated carbocycles. The minimum absolute atomic E-state index is 0.515. The minimum Gasteiger partial charge on any atom is -0.437 e. The highest BCUT2D eigenvalue weighted by atomic mass is 79.9. The molecule has 0 aliphatic carbocycles. The van der Waals surface area contributed by atoms with Gasteiger partial charge in [0, 0.05) is 26.5 Å². The Balaban J connectivity index is 2.09. The van der Waals surface area contributed by atoms with Crippen LogP contribution >= 0.6 is 43.5 Å². The van der Waals surface area contributed by atoms with Crippen molar-refractivity contribution in [3.05, 3.63) is 62.6 Å². The molecule has 0 aliphatic rings. The van der Waals surface area contributed by atoms with Gasteiger partial charge in [0.25, 0.3) is 0 Å². The molecule has 3 aromatic rings. The third kappa shape index (κ3) is 2.68. The van der Waals surface area contributed by atoms with Crippen LogP contribution in [0.3, 0.4) is 0 Å². The number of benzene rings is 2. The Hall–Kier alpha value is -1.10. The summed E-state index contributed by atoms with van der Waals surface area (Å²) in [6, 6.07) is 13.4.